The minimum Gasteiger partial charge on any atom is -0.395 e. The molecule has 0 bridgehead atoms. The number of pyridine rings is 1. The van der Waals surface area contributed by atoms with Gasteiger partial charge in [0, 0.05) is 18.8 Å². The zero-order valence-corrected chi connectivity index (χ0v) is 11.0. The van der Waals surface area contributed by atoms with Crippen LogP contribution in [-0.2, 0) is 0 Å². The average Bonchev–Trinajstić information content (AvgIpc) is 2.39. The van der Waals surface area contributed by atoms with Crippen LogP contribution in [0.5, 0.6) is 0 Å². The van der Waals surface area contributed by atoms with E-state index in [0.29, 0.717) is 17.9 Å². The molecule has 0 saturated heterocycles. The lowest BCUT2D eigenvalue weighted by molar-refractivity contribution is 0.1000. The maximum absolute atomic E-state index is 11.4. The first-order chi connectivity index (χ1) is 8.65. The smallest absolute Gasteiger partial charge is 0.252 e. The minimum absolute atomic E-state index is 0.0191. The Morgan fingerprint density at radius 2 is 2.17 bits per heavy atom. The number of amides is 1. The van der Waals surface area contributed by atoms with E-state index in [-0.39, 0.29) is 12.6 Å². The van der Waals surface area contributed by atoms with Gasteiger partial charge < -0.3 is 15.7 Å². The molecule has 5 heteroatoms. The molecule has 1 heterocycles. The molecule has 5 nitrogen and oxygen atoms in total. The second-order valence-corrected chi connectivity index (χ2v) is 4.13. The molecule has 3 N–H and O–H groups in total. The van der Waals surface area contributed by atoms with Gasteiger partial charge in [0.25, 0.3) is 5.91 Å². The summed E-state index contributed by atoms with van der Waals surface area (Å²) in [5.41, 5.74) is 5.76. The highest BCUT2D eigenvalue weighted by molar-refractivity contribution is 5.97. The van der Waals surface area contributed by atoms with Crippen molar-refractivity contribution in [3.63, 3.8) is 0 Å². The maximum atomic E-state index is 11.4. The number of hydrogen-bond acceptors (Lipinski definition) is 4. The third-order valence-electron chi connectivity index (χ3n) is 3.05. The van der Waals surface area contributed by atoms with E-state index >= 15 is 0 Å². The van der Waals surface area contributed by atoms with Gasteiger partial charge in [0.1, 0.15) is 5.82 Å². The van der Waals surface area contributed by atoms with E-state index in [1.807, 2.05) is 4.90 Å². The van der Waals surface area contributed by atoms with E-state index in [2.05, 4.69) is 18.8 Å². The summed E-state index contributed by atoms with van der Waals surface area (Å²) in [7, 11) is 0. The maximum Gasteiger partial charge on any atom is 0.252 e. The van der Waals surface area contributed by atoms with Gasteiger partial charge in [-0.05, 0) is 25.0 Å². The van der Waals surface area contributed by atoms with Gasteiger partial charge in [0.15, 0.2) is 0 Å². The van der Waals surface area contributed by atoms with Crippen molar-refractivity contribution in [2.24, 2.45) is 5.73 Å². The van der Waals surface area contributed by atoms with Gasteiger partial charge in [-0.15, -0.1) is 0 Å². The van der Waals surface area contributed by atoms with Gasteiger partial charge in [-0.3, -0.25) is 4.79 Å². The van der Waals surface area contributed by atoms with Gasteiger partial charge >= 0.3 is 0 Å². The molecule has 0 saturated carbocycles. The summed E-state index contributed by atoms with van der Waals surface area (Å²) in [6, 6.07) is 3.59. The van der Waals surface area contributed by atoms with Crippen LogP contribution in [0.25, 0.3) is 0 Å². The van der Waals surface area contributed by atoms with Crippen LogP contribution in [0.15, 0.2) is 18.3 Å². The molecular weight excluding hydrogens is 230 g/mol. The molecule has 0 spiro atoms. The van der Waals surface area contributed by atoms with Gasteiger partial charge in [-0.1, -0.05) is 13.8 Å². The SMILES string of the molecule is CCC(CC)N(CCO)c1ncccc1C(N)=O. The van der Waals surface area contributed by atoms with Crippen LogP contribution in [0.3, 0.4) is 0 Å². The van der Waals surface area contributed by atoms with Crippen LogP contribution in [0.2, 0.25) is 0 Å². The summed E-state index contributed by atoms with van der Waals surface area (Å²) in [4.78, 5) is 17.6. The first-order valence-electron chi connectivity index (χ1n) is 6.27. The first kappa shape index (κ1) is 14.4. The van der Waals surface area contributed by atoms with Gasteiger partial charge in [-0.25, -0.2) is 4.98 Å². The van der Waals surface area contributed by atoms with Crippen LogP contribution in [-0.4, -0.2) is 35.2 Å². The first-order valence-corrected chi connectivity index (χ1v) is 6.27. The topological polar surface area (TPSA) is 79.4 Å². The number of carbonyl (C=O) groups is 1. The number of aromatic nitrogens is 1. The molecule has 0 aliphatic rings. The summed E-state index contributed by atoms with van der Waals surface area (Å²) >= 11 is 0. The van der Waals surface area contributed by atoms with Crippen LogP contribution >= 0.6 is 0 Å². The van der Waals surface area contributed by atoms with Crippen LogP contribution in [0, 0.1) is 0 Å². The molecule has 0 aliphatic carbocycles. The summed E-state index contributed by atoms with van der Waals surface area (Å²) < 4.78 is 0. The molecule has 1 amide bonds. The number of rotatable bonds is 7. The molecule has 1 rings (SSSR count). The second-order valence-electron chi connectivity index (χ2n) is 4.13. The largest absolute Gasteiger partial charge is 0.395 e. The number of primary amides is 1. The molecule has 18 heavy (non-hydrogen) atoms. The lowest BCUT2D eigenvalue weighted by Crippen LogP contribution is -2.38. The third kappa shape index (κ3) is 3.20. The van der Waals surface area contributed by atoms with E-state index < -0.39 is 5.91 Å². The van der Waals surface area contributed by atoms with E-state index in [1.54, 1.807) is 18.3 Å². The molecule has 1 aromatic heterocycles. The fraction of sp³-hybridized carbons (Fsp3) is 0.538. The third-order valence-corrected chi connectivity index (χ3v) is 3.05. The zero-order chi connectivity index (χ0) is 13.5. The Kier molecular flexibility index (Phi) is 5.58. The quantitative estimate of drug-likeness (QED) is 0.762. The lowest BCUT2D eigenvalue weighted by Gasteiger charge is -2.32. The molecule has 1 aromatic rings. The van der Waals surface area contributed by atoms with Gasteiger partial charge in [0.05, 0.1) is 12.2 Å². The number of nitrogens with two attached hydrogens (primary N) is 1. The molecule has 0 fully saturated rings. The van der Waals surface area contributed by atoms with Crippen molar-refractivity contribution in [1.29, 1.82) is 0 Å². The number of hydrogen-bond donors (Lipinski definition) is 2. The molecule has 0 aromatic carbocycles. The predicted molar refractivity (Wildman–Crippen MR) is 71.6 cm³/mol. The Bertz CT molecular complexity index is 392. The fourth-order valence-electron chi connectivity index (χ4n) is 2.12. The van der Waals surface area contributed by atoms with Crippen molar-refractivity contribution < 1.29 is 9.90 Å². The van der Waals surface area contributed by atoms with Crippen molar-refractivity contribution in [2.45, 2.75) is 32.7 Å². The van der Waals surface area contributed by atoms with E-state index in [9.17, 15) is 9.90 Å². The summed E-state index contributed by atoms with van der Waals surface area (Å²) in [5, 5.41) is 9.18. The standard InChI is InChI=1S/C13H21N3O2/c1-3-10(4-2)16(8-9-17)13-11(12(14)18)6-5-7-15-13/h5-7,10,17H,3-4,8-9H2,1-2H3,(H2,14,18). The number of anilines is 1. The van der Waals surface area contributed by atoms with Crippen molar-refractivity contribution in [3.8, 4) is 0 Å². The average molecular weight is 251 g/mol. The number of aliphatic hydroxyl groups is 1. The van der Waals surface area contributed by atoms with Crippen molar-refractivity contribution >= 4 is 11.7 Å². The molecule has 0 unspecified atom stereocenters. The Hall–Kier alpha value is -1.62. The number of carbonyl (C=O) groups excluding carboxylic acids is 1. The summed E-state index contributed by atoms with van der Waals surface area (Å²) in [6.45, 7) is 4.62. The van der Waals surface area contributed by atoms with Crippen molar-refractivity contribution in [2.75, 3.05) is 18.1 Å². The second kappa shape index (κ2) is 6.96. The van der Waals surface area contributed by atoms with E-state index in [0.717, 1.165) is 12.8 Å². The summed E-state index contributed by atoms with van der Waals surface area (Å²) in [6.07, 6.45) is 3.48. The fourth-order valence-corrected chi connectivity index (χ4v) is 2.12. The normalized spacial score (nSPS) is 10.7. The Balaban J connectivity index is 3.16. The predicted octanol–water partition coefficient (Wildman–Crippen LogP) is 1.17. The molecule has 0 aliphatic heterocycles. The molecule has 0 atom stereocenters. The lowest BCUT2D eigenvalue weighted by atomic mass is 10.1. The van der Waals surface area contributed by atoms with Gasteiger partial charge in [0.2, 0.25) is 0 Å². The number of aliphatic hydroxyl groups excluding tert-OH is 1. The summed E-state index contributed by atoms with van der Waals surface area (Å²) in [5.74, 6) is 0.0692. The monoisotopic (exact) mass is 251 g/mol. The van der Waals surface area contributed by atoms with Crippen LogP contribution < -0.4 is 10.6 Å². The van der Waals surface area contributed by atoms with Crippen molar-refractivity contribution in [1.82, 2.24) is 4.98 Å². The zero-order valence-electron chi connectivity index (χ0n) is 11.0. The molecule has 100 valence electrons. The Morgan fingerprint density at radius 1 is 1.50 bits per heavy atom. The Morgan fingerprint density at radius 3 is 2.67 bits per heavy atom. The minimum atomic E-state index is -0.494. The van der Waals surface area contributed by atoms with E-state index in [1.165, 1.54) is 0 Å². The molecule has 0 radical (unpaired) electrons. The van der Waals surface area contributed by atoms with Crippen molar-refractivity contribution in [3.05, 3.63) is 23.9 Å². The van der Waals surface area contributed by atoms with Gasteiger partial charge in [-0.2, -0.15) is 0 Å². The highest BCUT2D eigenvalue weighted by Crippen LogP contribution is 2.21. The van der Waals surface area contributed by atoms with E-state index in [4.69, 9.17) is 5.73 Å². The highest BCUT2D eigenvalue weighted by Gasteiger charge is 2.21. The van der Waals surface area contributed by atoms with Crippen LogP contribution in [0.4, 0.5) is 5.82 Å². The molecular formula is C13H21N3O2. The van der Waals surface area contributed by atoms with Crippen LogP contribution in [0.1, 0.15) is 37.0 Å². The Labute approximate surface area is 108 Å². The number of nitrogens with zero attached hydrogens (tertiary/aromatic N) is 2. The highest BCUT2D eigenvalue weighted by atomic mass is 16.3.